The summed E-state index contributed by atoms with van der Waals surface area (Å²) in [5, 5.41) is 14.1. The van der Waals surface area contributed by atoms with E-state index in [1.165, 1.54) is 11.3 Å². The van der Waals surface area contributed by atoms with E-state index < -0.39 is 12.0 Å². The molecular formula is C13H15BrN2O4S. The second-order valence-corrected chi connectivity index (χ2v) is 7.47. The molecule has 2 rings (SSSR count). The summed E-state index contributed by atoms with van der Waals surface area (Å²) < 4.78 is 0.846. The minimum Gasteiger partial charge on any atom is -0.481 e. The highest BCUT2D eigenvalue weighted by molar-refractivity contribution is 9.11. The normalized spacial score (nSPS) is 22.0. The van der Waals surface area contributed by atoms with Crippen molar-refractivity contribution in [3.05, 3.63) is 20.8 Å². The summed E-state index contributed by atoms with van der Waals surface area (Å²) in [6.45, 7) is 1.60. The number of carboxylic acid groups (broad SMARTS) is 1. The average Bonchev–Trinajstić information content (AvgIpc) is 2.79. The van der Waals surface area contributed by atoms with Gasteiger partial charge in [-0.2, -0.15) is 0 Å². The molecule has 0 aliphatic heterocycles. The largest absolute Gasteiger partial charge is 0.481 e. The van der Waals surface area contributed by atoms with Crippen molar-refractivity contribution in [2.45, 2.75) is 31.8 Å². The van der Waals surface area contributed by atoms with Crippen LogP contribution in [0.4, 0.5) is 0 Å². The lowest BCUT2D eigenvalue weighted by Crippen LogP contribution is -2.52. The van der Waals surface area contributed by atoms with Crippen LogP contribution in [0.1, 0.15) is 29.4 Å². The molecule has 1 heterocycles. The van der Waals surface area contributed by atoms with E-state index in [1.54, 1.807) is 19.1 Å². The van der Waals surface area contributed by atoms with Gasteiger partial charge in [0.25, 0.3) is 5.91 Å². The number of halogens is 1. The molecule has 0 bridgehead atoms. The first-order valence-corrected chi connectivity index (χ1v) is 8.07. The summed E-state index contributed by atoms with van der Waals surface area (Å²) in [5.41, 5.74) is 0. The van der Waals surface area contributed by atoms with Crippen LogP contribution in [0.3, 0.4) is 0 Å². The predicted molar refractivity (Wildman–Crippen MR) is 81.2 cm³/mol. The van der Waals surface area contributed by atoms with Gasteiger partial charge in [-0.3, -0.25) is 14.4 Å². The Morgan fingerprint density at radius 3 is 2.57 bits per heavy atom. The molecule has 1 aromatic heterocycles. The van der Waals surface area contributed by atoms with E-state index in [4.69, 9.17) is 5.11 Å². The van der Waals surface area contributed by atoms with Crippen molar-refractivity contribution >= 4 is 45.1 Å². The Balaban J connectivity index is 1.78. The fourth-order valence-corrected chi connectivity index (χ4v) is 3.32. The SMILES string of the molecule is CC(NC(=O)c1ccc(Br)s1)C(=O)NC1CC(C(=O)O)C1. The molecule has 1 aromatic rings. The van der Waals surface area contributed by atoms with Crippen molar-refractivity contribution in [1.82, 2.24) is 10.6 Å². The van der Waals surface area contributed by atoms with E-state index in [-0.39, 0.29) is 23.8 Å². The molecule has 114 valence electrons. The van der Waals surface area contributed by atoms with Crippen LogP contribution in [0.2, 0.25) is 0 Å². The molecule has 3 N–H and O–H groups in total. The van der Waals surface area contributed by atoms with Gasteiger partial charge in [0.15, 0.2) is 0 Å². The zero-order chi connectivity index (χ0) is 15.6. The minimum atomic E-state index is -0.829. The first-order chi connectivity index (χ1) is 9.86. The Morgan fingerprint density at radius 1 is 1.38 bits per heavy atom. The lowest BCUT2D eigenvalue weighted by atomic mass is 9.80. The average molecular weight is 375 g/mol. The van der Waals surface area contributed by atoms with Gasteiger partial charge in [-0.1, -0.05) is 0 Å². The third-order valence-electron chi connectivity index (χ3n) is 3.37. The van der Waals surface area contributed by atoms with Crippen molar-refractivity contribution in [3.8, 4) is 0 Å². The second kappa shape index (κ2) is 6.57. The molecule has 8 heteroatoms. The molecule has 21 heavy (non-hydrogen) atoms. The van der Waals surface area contributed by atoms with E-state index in [2.05, 4.69) is 26.6 Å². The summed E-state index contributed by atoms with van der Waals surface area (Å²) in [7, 11) is 0. The lowest BCUT2D eigenvalue weighted by molar-refractivity contribution is -0.146. The fraction of sp³-hybridized carbons (Fsp3) is 0.462. The van der Waals surface area contributed by atoms with Crippen LogP contribution >= 0.6 is 27.3 Å². The van der Waals surface area contributed by atoms with Crippen molar-refractivity contribution in [2.75, 3.05) is 0 Å². The van der Waals surface area contributed by atoms with Gasteiger partial charge in [0.1, 0.15) is 6.04 Å². The van der Waals surface area contributed by atoms with Crippen molar-refractivity contribution in [1.29, 1.82) is 0 Å². The van der Waals surface area contributed by atoms with E-state index in [9.17, 15) is 14.4 Å². The minimum absolute atomic E-state index is 0.117. The Hall–Kier alpha value is -1.41. The summed E-state index contributed by atoms with van der Waals surface area (Å²) in [6, 6.07) is 2.67. The van der Waals surface area contributed by atoms with Crippen LogP contribution in [0.5, 0.6) is 0 Å². The Morgan fingerprint density at radius 2 is 2.05 bits per heavy atom. The van der Waals surface area contributed by atoms with Gasteiger partial charge in [0.05, 0.1) is 14.6 Å². The number of amides is 2. The van der Waals surface area contributed by atoms with Crippen LogP contribution in [0, 0.1) is 5.92 Å². The summed E-state index contributed by atoms with van der Waals surface area (Å²) >= 11 is 4.56. The highest BCUT2D eigenvalue weighted by atomic mass is 79.9. The van der Waals surface area contributed by atoms with Crippen molar-refractivity contribution in [3.63, 3.8) is 0 Å². The second-order valence-electron chi connectivity index (χ2n) is 5.01. The molecule has 1 unspecified atom stereocenters. The topological polar surface area (TPSA) is 95.5 Å². The summed E-state index contributed by atoms with van der Waals surface area (Å²) in [6.07, 6.45) is 0.888. The van der Waals surface area contributed by atoms with Gasteiger partial charge in [-0.05, 0) is 47.8 Å². The predicted octanol–water partition coefficient (Wildman–Crippen LogP) is 1.61. The number of rotatable bonds is 5. The Kier molecular flexibility index (Phi) is 5.00. The van der Waals surface area contributed by atoms with E-state index in [1.807, 2.05) is 0 Å². The number of hydrogen-bond donors (Lipinski definition) is 3. The summed E-state index contributed by atoms with van der Waals surface area (Å²) in [5.74, 6) is -1.80. The van der Waals surface area contributed by atoms with E-state index in [0.29, 0.717) is 17.7 Å². The molecule has 1 fully saturated rings. The molecule has 1 aliphatic rings. The molecule has 1 saturated carbocycles. The van der Waals surface area contributed by atoms with Gasteiger partial charge >= 0.3 is 5.97 Å². The number of carbonyl (C=O) groups is 3. The Bertz CT molecular complexity index is 568. The Labute approximate surface area is 134 Å². The molecule has 0 saturated heterocycles. The zero-order valence-corrected chi connectivity index (χ0v) is 13.7. The number of hydrogen-bond acceptors (Lipinski definition) is 4. The smallest absolute Gasteiger partial charge is 0.306 e. The maximum absolute atomic E-state index is 11.9. The lowest BCUT2D eigenvalue weighted by Gasteiger charge is -2.33. The monoisotopic (exact) mass is 374 g/mol. The number of aliphatic carboxylic acids is 1. The first-order valence-electron chi connectivity index (χ1n) is 6.46. The van der Waals surface area contributed by atoms with Crippen molar-refractivity contribution < 1.29 is 19.5 Å². The van der Waals surface area contributed by atoms with Gasteiger partial charge in [0, 0.05) is 6.04 Å². The molecular weight excluding hydrogens is 360 g/mol. The van der Waals surface area contributed by atoms with Crippen molar-refractivity contribution in [2.24, 2.45) is 5.92 Å². The van der Waals surface area contributed by atoms with Crippen LogP contribution in [0.15, 0.2) is 15.9 Å². The van der Waals surface area contributed by atoms with Crippen LogP contribution in [-0.4, -0.2) is 35.0 Å². The standard InChI is InChI=1S/C13H15BrN2O4S/c1-6(15-12(18)9-2-3-10(14)21-9)11(17)16-8-4-7(5-8)13(19)20/h2-3,6-8H,4-5H2,1H3,(H,15,18)(H,16,17)(H,19,20). The van der Waals surface area contributed by atoms with Gasteiger partial charge in [-0.25, -0.2) is 0 Å². The van der Waals surface area contributed by atoms with Crippen LogP contribution in [-0.2, 0) is 9.59 Å². The third-order valence-corrected chi connectivity index (χ3v) is 4.99. The first kappa shape index (κ1) is 16.0. The van der Waals surface area contributed by atoms with Gasteiger partial charge in [-0.15, -0.1) is 11.3 Å². The fourth-order valence-electron chi connectivity index (χ4n) is 2.03. The molecule has 0 aromatic carbocycles. The van der Waals surface area contributed by atoms with Crippen LogP contribution in [0.25, 0.3) is 0 Å². The maximum atomic E-state index is 11.9. The third kappa shape index (κ3) is 4.04. The van der Waals surface area contributed by atoms with Crippen LogP contribution < -0.4 is 10.6 Å². The molecule has 0 spiro atoms. The quantitative estimate of drug-likeness (QED) is 0.729. The highest BCUT2D eigenvalue weighted by Gasteiger charge is 2.36. The van der Waals surface area contributed by atoms with E-state index in [0.717, 1.165) is 3.79 Å². The molecule has 1 atom stereocenters. The number of carboxylic acids is 1. The number of carbonyl (C=O) groups excluding carboxylic acids is 2. The van der Waals surface area contributed by atoms with Gasteiger partial charge < -0.3 is 15.7 Å². The molecule has 0 radical (unpaired) electrons. The number of nitrogens with one attached hydrogen (secondary N) is 2. The highest BCUT2D eigenvalue weighted by Crippen LogP contribution is 2.27. The zero-order valence-electron chi connectivity index (χ0n) is 11.3. The molecule has 2 amide bonds. The van der Waals surface area contributed by atoms with Gasteiger partial charge in [0.2, 0.25) is 5.91 Å². The van der Waals surface area contributed by atoms with E-state index >= 15 is 0 Å². The number of thiophene rings is 1. The summed E-state index contributed by atoms with van der Waals surface area (Å²) in [4.78, 5) is 35.0. The molecule has 6 nitrogen and oxygen atoms in total. The maximum Gasteiger partial charge on any atom is 0.306 e. The molecule has 1 aliphatic carbocycles.